The predicted octanol–water partition coefficient (Wildman–Crippen LogP) is 4.64. The third-order valence-corrected chi connectivity index (χ3v) is 5.40. The predicted molar refractivity (Wildman–Crippen MR) is 104 cm³/mol. The van der Waals surface area contributed by atoms with E-state index in [0.717, 1.165) is 37.8 Å². The summed E-state index contributed by atoms with van der Waals surface area (Å²) in [7, 11) is 0. The lowest BCUT2D eigenvalue weighted by molar-refractivity contribution is -0.135. The van der Waals surface area contributed by atoms with Crippen LogP contribution in [0.4, 0.5) is 0 Å². The molecule has 1 atom stereocenters. The summed E-state index contributed by atoms with van der Waals surface area (Å²) in [4.78, 5) is 22.5. The molecule has 0 saturated carbocycles. The van der Waals surface area contributed by atoms with Gasteiger partial charge in [-0.3, -0.25) is 9.78 Å². The Balaban J connectivity index is 1.39. The van der Waals surface area contributed by atoms with Gasteiger partial charge in [0.25, 0.3) is 0 Å². The number of hydrogen-bond acceptors (Lipinski definition) is 2. The zero-order valence-corrected chi connectivity index (χ0v) is 15.0. The van der Waals surface area contributed by atoms with E-state index in [1.807, 2.05) is 18.3 Å². The summed E-state index contributed by atoms with van der Waals surface area (Å²) in [5.41, 5.74) is 3.63. The van der Waals surface area contributed by atoms with Crippen LogP contribution in [0, 0.1) is 0 Å². The highest BCUT2D eigenvalue weighted by atomic mass is 16.2. The van der Waals surface area contributed by atoms with Crippen molar-refractivity contribution < 1.29 is 4.79 Å². The number of para-hydroxylation sites is 1. The van der Waals surface area contributed by atoms with E-state index in [0.29, 0.717) is 6.42 Å². The third-order valence-electron chi connectivity index (χ3n) is 5.40. The first-order valence-corrected chi connectivity index (χ1v) is 9.57. The van der Waals surface area contributed by atoms with E-state index in [2.05, 4.69) is 45.3 Å². The highest BCUT2D eigenvalue weighted by Gasteiger charge is 2.27. The van der Waals surface area contributed by atoms with Gasteiger partial charge < -0.3 is 9.88 Å². The Morgan fingerprint density at radius 3 is 3.00 bits per heavy atom. The summed E-state index contributed by atoms with van der Waals surface area (Å²) < 4.78 is 0. The highest BCUT2D eigenvalue weighted by molar-refractivity contribution is 5.83. The zero-order chi connectivity index (χ0) is 17.8. The van der Waals surface area contributed by atoms with Crippen molar-refractivity contribution in [2.24, 2.45) is 0 Å². The van der Waals surface area contributed by atoms with Crippen LogP contribution in [0.1, 0.15) is 49.3 Å². The Hall–Kier alpha value is -2.62. The summed E-state index contributed by atoms with van der Waals surface area (Å²) in [5, 5.41) is 1.27. The van der Waals surface area contributed by atoms with Crippen molar-refractivity contribution >= 4 is 16.8 Å². The largest absolute Gasteiger partial charge is 0.361 e. The van der Waals surface area contributed by atoms with Crippen LogP contribution in [0.2, 0.25) is 0 Å². The molecule has 3 heterocycles. The fraction of sp³-hybridized carbons (Fsp3) is 0.364. The number of H-pyrrole nitrogens is 1. The first-order chi connectivity index (χ1) is 12.8. The van der Waals surface area contributed by atoms with Crippen molar-refractivity contribution in [2.75, 3.05) is 6.54 Å². The van der Waals surface area contributed by atoms with Crippen LogP contribution in [-0.2, 0) is 11.2 Å². The molecule has 2 aromatic heterocycles. The number of fused-ring (bicyclic) bond motifs is 1. The molecule has 3 aromatic rings. The molecule has 1 N–H and O–H groups in total. The Bertz CT molecular complexity index is 871. The number of carbonyl (C=O) groups is 1. The molecule has 4 nitrogen and oxygen atoms in total. The standard InChI is InChI=1S/C22H25N3O/c26-22(12-5-7-17-16-24-20-10-2-1-9-19(17)20)25-14-4-3-11-21(25)18-8-6-13-23-15-18/h1-2,6,8-10,13,15-16,21,24H,3-5,7,11-12,14H2. The van der Waals surface area contributed by atoms with Crippen molar-refractivity contribution in [3.8, 4) is 0 Å². The van der Waals surface area contributed by atoms with Gasteiger partial charge in [0, 0.05) is 42.5 Å². The van der Waals surface area contributed by atoms with Crippen molar-refractivity contribution in [1.82, 2.24) is 14.9 Å². The molecule has 1 fully saturated rings. The van der Waals surface area contributed by atoms with E-state index >= 15 is 0 Å². The smallest absolute Gasteiger partial charge is 0.223 e. The van der Waals surface area contributed by atoms with Gasteiger partial charge in [-0.05, 0) is 55.4 Å². The number of pyridine rings is 1. The molecule has 1 amide bonds. The molecule has 1 unspecified atom stereocenters. The van der Waals surface area contributed by atoms with E-state index in [-0.39, 0.29) is 11.9 Å². The summed E-state index contributed by atoms with van der Waals surface area (Å²) in [5.74, 6) is 0.276. The number of amides is 1. The minimum atomic E-state index is 0.193. The van der Waals surface area contributed by atoms with Crippen LogP contribution in [0.15, 0.2) is 55.0 Å². The molecule has 0 bridgehead atoms. The monoisotopic (exact) mass is 347 g/mol. The zero-order valence-electron chi connectivity index (χ0n) is 15.0. The highest BCUT2D eigenvalue weighted by Crippen LogP contribution is 2.31. The summed E-state index contributed by atoms with van der Waals surface area (Å²) in [6, 6.07) is 12.6. The lowest BCUT2D eigenvalue weighted by Crippen LogP contribution is -2.38. The normalized spacial score (nSPS) is 17.5. The van der Waals surface area contributed by atoms with Crippen LogP contribution in [0.5, 0.6) is 0 Å². The third kappa shape index (κ3) is 3.50. The number of piperidine rings is 1. The van der Waals surface area contributed by atoms with E-state index in [1.54, 1.807) is 6.20 Å². The SMILES string of the molecule is O=C(CCCc1c[nH]c2ccccc12)N1CCCCC1c1cccnc1. The minimum Gasteiger partial charge on any atom is -0.361 e. The van der Waals surface area contributed by atoms with Gasteiger partial charge in [0.15, 0.2) is 0 Å². The number of aryl methyl sites for hydroxylation is 1. The first kappa shape index (κ1) is 16.8. The van der Waals surface area contributed by atoms with Gasteiger partial charge in [-0.25, -0.2) is 0 Å². The average molecular weight is 347 g/mol. The van der Waals surface area contributed by atoms with Gasteiger partial charge in [0.05, 0.1) is 6.04 Å². The van der Waals surface area contributed by atoms with Crippen LogP contribution >= 0.6 is 0 Å². The maximum atomic E-state index is 12.9. The first-order valence-electron chi connectivity index (χ1n) is 9.57. The van der Waals surface area contributed by atoms with Crippen molar-refractivity contribution in [3.63, 3.8) is 0 Å². The van der Waals surface area contributed by atoms with Gasteiger partial charge in [-0.1, -0.05) is 24.3 Å². The van der Waals surface area contributed by atoms with Gasteiger partial charge >= 0.3 is 0 Å². The number of benzene rings is 1. The van der Waals surface area contributed by atoms with E-state index in [9.17, 15) is 4.79 Å². The molecule has 1 saturated heterocycles. The molecule has 4 rings (SSSR count). The average Bonchev–Trinajstić information content (AvgIpc) is 3.12. The molecule has 26 heavy (non-hydrogen) atoms. The number of rotatable bonds is 5. The molecule has 0 aliphatic carbocycles. The van der Waals surface area contributed by atoms with Crippen LogP contribution in [0.3, 0.4) is 0 Å². The molecule has 1 aromatic carbocycles. The fourth-order valence-electron chi connectivity index (χ4n) is 4.06. The number of nitrogens with one attached hydrogen (secondary N) is 1. The Kier molecular flexibility index (Phi) is 5.00. The quantitative estimate of drug-likeness (QED) is 0.731. The van der Waals surface area contributed by atoms with Gasteiger partial charge in [-0.2, -0.15) is 0 Å². The molecule has 4 heteroatoms. The Labute approximate surface area is 154 Å². The summed E-state index contributed by atoms with van der Waals surface area (Å²) in [6.07, 6.45) is 11.5. The number of aromatic nitrogens is 2. The maximum Gasteiger partial charge on any atom is 0.223 e. The second-order valence-corrected chi connectivity index (χ2v) is 7.10. The number of likely N-dealkylation sites (tertiary alicyclic amines) is 1. The van der Waals surface area contributed by atoms with E-state index < -0.39 is 0 Å². The molecule has 0 spiro atoms. The maximum absolute atomic E-state index is 12.9. The van der Waals surface area contributed by atoms with Gasteiger partial charge in [0.2, 0.25) is 5.91 Å². The number of nitrogens with zero attached hydrogens (tertiary/aromatic N) is 2. The number of aromatic amines is 1. The molecular formula is C22H25N3O. The lowest BCUT2D eigenvalue weighted by Gasteiger charge is -2.36. The molecule has 1 aliphatic heterocycles. The fourth-order valence-corrected chi connectivity index (χ4v) is 4.06. The summed E-state index contributed by atoms with van der Waals surface area (Å²) in [6.45, 7) is 0.867. The van der Waals surface area contributed by atoms with Crippen molar-refractivity contribution in [1.29, 1.82) is 0 Å². The topological polar surface area (TPSA) is 49.0 Å². The molecule has 0 radical (unpaired) electrons. The van der Waals surface area contributed by atoms with Crippen molar-refractivity contribution in [2.45, 2.75) is 44.6 Å². The Morgan fingerprint density at radius 1 is 1.19 bits per heavy atom. The second kappa shape index (κ2) is 7.73. The molecule has 1 aliphatic rings. The van der Waals surface area contributed by atoms with E-state index in [4.69, 9.17) is 0 Å². The van der Waals surface area contributed by atoms with Gasteiger partial charge in [0.1, 0.15) is 0 Å². The Morgan fingerprint density at radius 2 is 2.12 bits per heavy atom. The van der Waals surface area contributed by atoms with Gasteiger partial charge in [-0.15, -0.1) is 0 Å². The second-order valence-electron chi connectivity index (χ2n) is 7.10. The number of hydrogen-bond donors (Lipinski definition) is 1. The lowest BCUT2D eigenvalue weighted by atomic mass is 9.95. The van der Waals surface area contributed by atoms with Crippen LogP contribution in [-0.4, -0.2) is 27.3 Å². The van der Waals surface area contributed by atoms with Crippen LogP contribution < -0.4 is 0 Å². The summed E-state index contributed by atoms with van der Waals surface area (Å²) >= 11 is 0. The molecular weight excluding hydrogens is 322 g/mol. The number of carbonyl (C=O) groups excluding carboxylic acids is 1. The van der Waals surface area contributed by atoms with Crippen molar-refractivity contribution in [3.05, 3.63) is 66.1 Å². The van der Waals surface area contributed by atoms with E-state index in [1.165, 1.54) is 22.9 Å². The van der Waals surface area contributed by atoms with Crippen LogP contribution in [0.25, 0.3) is 10.9 Å². The molecule has 134 valence electrons. The minimum absolute atomic E-state index is 0.193.